The van der Waals surface area contributed by atoms with E-state index in [1.165, 1.54) is 0 Å². The Hall–Kier alpha value is -0.680. The number of rotatable bonds is 9. The van der Waals surface area contributed by atoms with E-state index in [0.29, 0.717) is 0 Å². The van der Waals surface area contributed by atoms with Crippen molar-refractivity contribution in [2.24, 2.45) is 0 Å². The van der Waals surface area contributed by atoms with Crippen LogP contribution < -0.4 is 10.8 Å². The summed E-state index contributed by atoms with van der Waals surface area (Å²) < 4.78 is 0. The molecular weight excluding hydrogens is 190 g/mol. The van der Waals surface area contributed by atoms with E-state index in [9.17, 15) is 0 Å². The van der Waals surface area contributed by atoms with Gasteiger partial charge in [-0.05, 0) is 13.6 Å². The molecule has 0 spiro atoms. The average Bonchev–Trinajstić information content (AvgIpc) is 2.28. The summed E-state index contributed by atoms with van der Waals surface area (Å²) in [5.74, 6) is 0. The van der Waals surface area contributed by atoms with E-state index in [0.717, 1.165) is 26.2 Å². The number of hydroxylamine groups is 1. The molecule has 0 saturated carbocycles. The lowest BCUT2D eigenvalue weighted by atomic mass is 10.3. The maximum absolute atomic E-state index is 8.69. The maximum Gasteiger partial charge on any atom is 0.0678 e. The van der Waals surface area contributed by atoms with E-state index in [1.54, 1.807) is 6.08 Å². The Balaban J connectivity index is 3.81. The zero-order valence-corrected chi connectivity index (χ0v) is 9.74. The summed E-state index contributed by atoms with van der Waals surface area (Å²) in [6, 6.07) is -0.159. The van der Waals surface area contributed by atoms with Gasteiger partial charge >= 0.3 is 0 Å². The molecule has 0 aromatic carbocycles. The molecule has 0 fully saturated rings. The largest absolute Gasteiger partial charge is 0.318 e. The summed E-state index contributed by atoms with van der Waals surface area (Å²) in [5.41, 5.74) is 2.15. The molecule has 4 nitrogen and oxygen atoms in total. The van der Waals surface area contributed by atoms with Gasteiger partial charge in [-0.3, -0.25) is 4.90 Å². The van der Waals surface area contributed by atoms with Crippen molar-refractivity contribution in [2.75, 3.05) is 33.2 Å². The normalized spacial score (nSPS) is 13.6. The lowest BCUT2D eigenvalue weighted by molar-refractivity contribution is 0.158. The number of hydrogen-bond acceptors (Lipinski definition) is 4. The van der Waals surface area contributed by atoms with Crippen LogP contribution in [0.25, 0.3) is 0 Å². The van der Waals surface area contributed by atoms with E-state index < -0.39 is 0 Å². The summed E-state index contributed by atoms with van der Waals surface area (Å²) in [7, 11) is 1.95. The predicted octanol–water partition coefficient (Wildman–Crippen LogP) is 0.617. The fraction of sp³-hybridized carbons (Fsp3) is 0.636. The molecule has 3 N–H and O–H groups in total. The topological polar surface area (TPSA) is 47.5 Å². The SMILES string of the molecule is C=CC(/C=C\CN(CC)CCNC)NO. The number of nitrogens with zero attached hydrogens (tertiary/aromatic N) is 1. The molecule has 0 aromatic rings. The summed E-state index contributed by atoms with van der Waals surface area (Å²) >= 11 is 0. The highest BCUT2D eigenvalue weighted by atomic mass is 16.5. The second-order valence-corrected chi connectivity index (χ2v) is 3.32. The quantitative estimate of drug-likeness (QED) is 0.388. The molecule has 0 aliphatic rings. The van der Waals surface area contributed by atoms with Crippen molar-refractivity contribution in [3.8, 4) is 0 Å². The second kappa shape index (κ2) is 9.86. The van der Waals surface area contributed by atoms with Gasteiger partial charge in [-0.25, -0.2) is 0 Å². The van der Waals surface area contributed by atoms with Gasteiger partial charge in [0.1, 0.15) is 0 Å². The van der Waals surface area contributed by atoms with E-state index in [4.69, 9.17) is 5.21 Å². The summed E-state index contributed by atoms with van der Waals surface area (Å²) in [4.78, 5) is 2.31. The predicted molar refractivity (Wildman–Crippen MR) is 64.1 cm³/mol. The molecule has 15 heavy (non-hydrogen) atoms. The van der Waals surface area contributed by atoms with Gasteiger partial charge in [-0.15, -0.1) is 6.58 Å². The smallest absolute Gasteiger partial charge is 0.0678 e. The van der Waals surface area contributed by atoms with Crippen LogP contribution in [0.1, 0.15) is 6.92 Å². The summed E-state index contributed by atoms with van der Waals surface area (Å²) in [6.07, 6.45) is 5.59. The zero-order chi connectivity index (χ0) is 11.5. The van der Waals surface area contributed by atoms with Crippen molar-refractivity contribution < 1.29 is 5.21 Å². The Kier molecular flexibility index (Phi) is 9.41. The Bertz CT molecular complexity index is 183. The molecule has 0 heterocycles. The molecule has 0 aliphatic heterocycles. The van der Waals surface area contributed by atoms with Crippen molar-refractivity contribution >= 4 is 0 Å². The standard InChI is InChI=1S/C11H23N3O/c1-4-11(13-15)7-6-9-14(5-2)10-8-12-3/h4,6-7,11-13,15H,1,5,8-10H2,2-3H3/b7-6-. The number of likely N-dealkylation sites (N-methyl/N-ethyl adjacent to an activating group) is 2. The monoisotopic (exact) mass is 213 g/mol. The van der Waals surface area contributed by atoms with Crippen molar-refractivity contribution in [2.45, 2.75) is 13.0 Å². The molecule has 0 aliphatic carbocycles. The first kappa shape index (κ1) is 14.3. The molecule has 0 saturated heterocycles. The Labute approximate surface area is 92.6 Å². The molecule has 0 radical (unpaired) electrons. The van der Waals surface area contributed by atoms with Crippen LogP contribution in [0.5, 0.6) is 0 Å². The first-order valence-corrected chi connectivity index (χ1v) is 5.34. The molecule has 0 aromatic heterocycles. The third kappa shape index (κ3) is 7.27. The molecule has 0 bridgehead atoms. The van der Waals surface area contributed by atoms with Crippen LogP contribution in [0.4, 0.5) is 0 Å². The van der Waals surface area contributed by atoms with Gasteiger partial charge < -0.3 is 10.5 Å². The van der Waals surface area contributed by atoms with Gasteiger partial charge in [0.05, 0.1) is 6.04 Å². The second-order valence-electron chi connectivity index (χ2n) is 3.32. The third-order valence-corrected chi connectivity index (χ3v) is 2.24. The van der Waals surface area contributed by atoms with Crippen molar-refractivity contribution in [3.63, 3.8) is 0 Å². The van der Waals surface area contributed by atoms with Gasteiger partial charge in [0.2, 0.25) is 0 Å². The minimum absolute atomic E-state index is 0.159. The van der Waals surface area contributed by atoms with Gasteiger partial charge in [-0.1, -0.05) is 25.2 Å². The van der Waals surface area contributed by atoms with Crippen LogP contribution in [0, 0.1) is 0 Å². The molecule has 4 heteroatoms. The van der Waals surface area contributed by atoms with Gasteiger partial charge in [-0.2, -0.15) is 5.48 Å². The van der Waals surface area contributed by atoms with Crippen LogP contribution in [0.2, 0.25) is 0 Å². The highest BCUT2D eigenvalue weighted by Gasteiger charge is 1.99. The average molecular weight is 213 g/mol. The molecule has 0 amide bonds. The van der Waals surface area contributed by atoms with Crippen LogP contribution in [0.3, 0.4) is 0 Å². The highest BCUT2D eigenvalue weighted by Crippen LogP contribution is 1.91. The van der Waals surface area contributed by atoms with E-state index in [1.807, 2.05) is 19.2 Å². The van der Waals surface area contributed by atoms with Crippen LogP contribution >= 0.6 is 0 Å². The van der Waals surface area contributed by atoms with Gasteiger partial charge in [0.25, 0.3) is 0 Å². The fourth-order valence-corrected chi connectivity index (χ4v) is 1.18. The van der Waals surface area contributed by atoms with Crippen molar-refractivity contribution in [1.29, 1.82) is 0 Å². The Morgan fingerprint density at radius 3 is 2.73 bits per heavy atom. The highest BCUT2D eigenvalue weighted by molar-refractivity contribution is 5.02. The number of hydrogen-bond donors (Lipinski definition) is 3. The summed E-state index contributed by atoms with van der Waals surface area (Å²) in [5, 5.41) is 11.8. The van der Waals surface area contributed by atoms with E-state index in [2.05, 4.69) is 29.2 Å². The first-order valence-electron chi connectivity index (χ1n) is 5.34. The van der Waals surface area contributed by atoms with Crippen LogP contribution in [0.15, 0.2) is 24.8 Å². The minimum atomic E-state index is -0.159. The Morgan fingerprint density at radius 2 is 2.27 bits per heavy atom. The fourth-order valence-electron chi connectivity index (χ4n) is 1.18. The lowest BCUT2D eigenvalue weighted by Crippen LogP contribution is -2.31. The van der Waals surface area contributed by atoms with Crippen molar-refractivity contribution in [1.82, 2.24) is 15.7 Å². The van der Waals surface area contributed by atoms with Crippen LogP contribution in [-0.4, -0.2) is 49.4 Å². The molecule has 88 valence electrons. The van der Waals surface area contributed by atoms with E-state index >= 15 is 0 Å². The van der Waals surface area contributed by atoms with Gasteiger partial charge in [0.15, 0.2) is 0 Å². The first-order chi connectivity index (χ1) is 7.28. The lowest BCUT2D eigenvalue weighted by Gasteiger charge is -2.18. The molecule has 1 atom stereocenters. The third-order valence-electron chi connectivity index (χ3n) is 2.24. The number of nitrogens with one attached hydrogen (secondary N) is 2. The Morgan fingerprint density at radius 1 is 1.53 bits per heavy atom. The molecular formula is C11H23N3O. The maximum atomic E-state index is 8.69. The van der Waals surface area contributed by atoms with Crippen molar-refractivity contribution in [3.05, 3.63) is 24.8 Å². The zero-order valence-electron chi connectivity index (χ0n) is 9.74. The molecule has 1 unspecified atom stereocenters. The minimum Gasteiger partial charge on any atom is -0.318 e. The van der Waals surface area contributed by atoms with E-state index in [-0.39, 0.29) is 6.04 Å². The van der Waals surface area contributed by atoms with Gasteiger partial charge in [0, 0.05) is 19.6 Å². The summed E-state index contributed by atoms with van der Waals surface area (Å²) in [6.45, 7) is 9.68. The molecule has 0 rings (SSSR count). The van der Waals surface area contributed by atoms with Crippen LogP contribution in [-0.2, 0) is 0 Å².